The van der Waals surface area contributed by atoms with E-state index in [0.717, 1.165) is 23.8 Å². The van der Waals surface area contributed by atoms with Crippen LogP contribution >= 0.6 is 27.7 Å². The maximum atomic E-state index is 3.76. The Morgan fingerprint density at radius 3 is 2.80 bits per heavy atom. The molecule has 2 aliphatic rings. The maximum Gasteiger partial charge on any atom is 0.0314 e. The van der Waals surface area contributed by atoms with E-state index in [1.165, 1.54) is 53.5 Å². The van der Waals surface area contributed by atoms with Crippen molar-refractivity contribution in [3.05, 3.63) is 28.2 Å². The fourth-order valence-corrected chi connectivity index (χ4v) is 5.06. The molecule has 0 aliphatic heterocycles. The first kappa shape index (κ1) is 14.9. The molecule has 1 nitrogen and oxygen atoms in total. The first-order valence-electron chi connectivity index (χ1n) is 7.89. The predicted molar refractivity (Wildman–Crippen MR) is 91.3 cm³/mol. The van der Waals surface area contributed by atoms with Gasteiger partial charge in [0.05, 0.1) is 0 Å². The molecule has 2 fully saturated rings. The van der Waals surface area contributed by atoms with Crippen molar-refractivity contribution in [1.29, 1.82) is 0 Å². The van der Waals surface area contributed by atoms with Gasteiger partial charge in [0.1, 0.15) is 0 Å². The average molecular weight is 354 g/mol. The Labute approximate surface area is 135 Å². The summed E-state index contributed by atoms with van der Waals surface area (Å²) in [6, 6.07) is 7.67. The van der Waals surface area contributed by atoms with Crippen LogP contribution in [0.3, 0.4) is 0 Å². The lowest BCUT2D eigenvalue weighted by atomic mass is 9.91. The van der Waals surface area contributed by atoms with Crippen molar-refractivity contribution in [1.82, 2.24) is 5.32 Å². The smallest absolute Gasteiger partial charge is 0.0314 e. The molecule has 2 atom stereocenters. The molecule has 1 aromatic rings. The molecule has 0 bridgehead atoms. The van der Waals surface area contributed by atoms with Crippen LogP contribution < -0.4 is 5.32 Å². The Balaban J connectivity index is 1.58. The maximum absolute atomic E-state index is 3.76. The first-order chi connectivity index (χ1) is 9.70. The topological polar surface area (TPSA) is 12.0 Å². The summed E-state index contributed by atoms with van der Waals surface area (Å²) in [6.45, 7) is 3.41. The molecule has 1 N–H and O–H groups in total. The Morgan fingerprint density at radius 1 is 1.25 bits per heavy atom. The third-order valence-electron chi connectivity index (χ3n) is 4.35. The molecule has 110 valence electrons. The lowest BCUT2D eigenvalue weighted by molar-refractivity contribution is 0.394. The van der Waals surface area contributed by atoms with Crippen LogP contribution in [0.1, 0.15) is 51.0 Å². The quantitative estimate of drug-likeness (QED) is 0.763. The van der Waals surface area contributed by atoms with Gasteiger partial charge in [-0.25, -0.2) is 0 Å². The van der Waals surface area contributed by atoms with E-state index >= 15 is 0 Å². The van der Waals surface area contributed by atoms with Crippen molar-refractivity contribution in [3.63, 3.8) is 0 Å². The van der Waals surface area contributed by atoms with E-state index < -0.39 is 0 Å². The molecular weight excluding hydrogens is 330 g/mol. The molecule has 0 saturated heterocycles. The minimum absolute atomic E-state index is 0.784. The van der Waals surface area contributed by atoms with Crippen LogP contribution in [0.25, 0.3) is 0 Å². The summed E-state index contributed by atoms with van der Waals surface area (Å²) >= 11 is 5.84. The Bertz CT molecular complexity index is 458. The minimum Gasteiger partial charge on any atom is -0.310 e. The third kappa shape index (κ3) is 4.25. The van der Waals surface area contributed by atoms with Crippen LogP contribution in [0.15, 0.2) is 27.6 Å². The largest absolute Gasteiger partial charge is 0.310 e. The molecule has 0 heterocycles. The monoisotopic (exact) mass is 353 g/mol. The zero-order valence-corrected chi connectivity index (χ0v) is 14.6. The Morgan fingerprint density at radius 2 is 2.10 bits per heavy atom. The predicted octanol–water partition coefficient (Wildman–Crippen LogP) is 5.37. The highest BCUT2D eigenvalue weighted by Crippen LogP contribution is 2.39. The molecule has 20 heavy (non-hydrogen) atoms. The summed E-state index contributed by atoms with van der Waals surface area (Å²) in [5.41, 5.74) is 1.39. The van der Waals surface area contributed by atoms with Crippen molar-refractivity contribution in [2.24, 2.45) is 5.92 Å². The van der Waals surface area contributed by atoms with Gasteiger partial charge in [-0.2, -0.15) is 0 Å². The molecule has 0 amide bonds. The van der Waals surface area contributed by atoms with Crippen molar-refractivity contribution < 1.29 is 0 Å². The molecule has 1 aromatic carbocycles. The normalized spacial score (nSPS) is 26.7. The molecule has 2 aliphatic carbocycles. The van der Waals surface area contributed by atoms with Gasteiger partial charge >= 0.3 is 0 Å². The van der Waals surface area contributed by atoms with E-state index in [0.29, 0.717) is 0 Å². The number of thioether (sulfide) groups is 1. The number of benzene rings is 1. The first-order valence-corrected chi connectivity index (χ1v) is 9.56. The fraction of sp³-hybridized carbons (Fsp3) is 0.647. The second-order valence-electron chi connectivity index (χ2n) is 6.43. The van der Waals surface area contributed by atoms with Gasteiger partial charge < -0.3 is 5.32 Å². The lowest BCUT2D eigenvalue weighted by Crippen LogP contribution is -2.15. The van der Waals surface area contributed by atoms with Crippen LogP contribution in [-0.2, 0) is 6.54 Å². The average Bonchev–Trinajstić information content (AvgIpc) is 3.23. The zero-order chi connectivity index (χ0) is 13.9. The molecule has 3 heteroatoms. The summed E-state index contributed by atoms with van der Waals surface area (Å²) in [5.74, 6) is 0.905. The Kier molecular flexibility index (Phi) is 5.11. The fourth-order valence-electron chi connectivity index (χ4n) is 2.96. The minimum atomic E-state index is 0.784. The molecule has 3 rings (SSSR count). The van der Waals surface area contributed by atoms with Gasteiger partial charge in [0, 0.05) is 27.2 Å². The van der Waals surface area contributed by atoms with Crippen LogP contribution in [0, 0.1) is 5.92 Å². The van der Waals surface area contributed by atoms with Gasteiger partial charge in [-0.15, -0.1) is 11.8 Å². The van der Waals surface area contributed by atoms with Crippen molar-refractivity contribution in [2.75, 3.05) is 0 Å². The van der Waals surface area contributed by atoms with Gasteiger partial charge in [-0.1, -0.05) is 25.8 Å². The van der Waals surface area contributed by atoms with Crippen LogP contribution in [0.2, 0.25) is 0 Å². The molecule has 0 aromatic heterocycles. The number of rotatable bonds is 5. The zero-order valence-electron chi connectivity index (χ0n) is 12.2. The third-order valence-corrected chi connectivity index (χ3v) is 6.64. The summed E-state index contributed by atoms with van der Waals surface area (Å²) in [6.07, 6.45) is 8.29. The van der Waals surface area contributed by atoms with Crippen molar-refractivity contribution in [2.45, 2.75) is 68.2 Å². The van der Waals surface area contributed by atoms with E-state index in [-0.39, 0.29) is 0 Å². The van der Waals surface area contributed by atoms with Gasteiger partial charge in [-0.3, -0.25) is 0 Å². The highest BCUT2D eigenvalue weighted by molar-refractivity contribution is 9.10. The van der Waals surface area contributed by atoms with E-state index in [4.69, 9.17) is 0 Å². The number of hydrogen-bond donors (Lipinski definition) is 1. The summed E-state index contributed by atoms with van der Waals surface area (Å²) < 4.78 is 1.27. The lowest BCUT2D eigenvalue weighted by Gasteiger charge is -2.26. The van der Waals surface area contributed by atoms with Gasteiger partial charge in [-0.05, 0) is 65.2 Å². The van der Waals surface area contributed by atoms with Crippen LogP contribution in [-0.4, -0.2) is 11.3 Å². The van der Waals surface area contributed by atoms with E-state index in [1.807, 2.05) is 0 Å². The van der Waals surface area contributed by atoms with Gasteiger partial charge in [0.2, 0.25) is 0 Å². The Hall–Kier alpha value is 0.01000. The van der Waals surface area contributed by atoms with Crippen LogP contribution in [0.5, 0.6) is 0 Å². The van der Waals surface area contributed by atoms with Crippen LogP contribution in [0.4, 0.5) is 0 Å². The van der Waals surface area contributed by atoms with E-state index in [2.05, 4.69) is 58.1 Å². The summed E-state index contributed by atoms with van der Waals surface area (Å²) in [5, 5.41) is 4.39. The second-order valence-corrected chi connectivity index (χ2v) is 8.63. The van der Waals surface area contributed by atoms with Gasteiger partial charge in [0.15, 0.2) is 0 Å². The van der Waals surface area contributed by atoms with E-state index in [1.54, 1.807) is 0 Å². The van der Waals surface area contributed by atoms with E-state index in [9.17, 15) is 0 Å². The van der Waals surface area contributed by atoms with Crippen molar-refractivity contribution >= 4 is 27.7 Å². The molecule has 2 saturated carbocycles. The molecule has 0 spiro atoms. The standard InChI is InChI=1S/C17H24BrNS/c1-12-3-2-4-15(9-12)20-17-8-5-13(10-16(17)18)11-19-14-6-7-14/h5,8,10,12,14-15,19H,2-4,6-7,9,11H2,1H3. The summed E-state index contributed by atoms with van der Waals surface area (Å²) in [4.78, 5) is 1.42. The number of hydrogen-bond acceptors (Lipinski definition) is 2. The van der Waals surface area contributed by atoms with Crippen molar-refractivity contribution in [3.8, 4) is 0 Å². The molecular formula is C17H24BrNS. The van der Waals surface area contributed by atoms with Gasteiger partial charge in [0.25, 0.3) is 0 Å². The molecule has 2 unspecified atom stereocenters. The number of nitrogens with one attached hydrogen (secondary N) is 1. The molecule has 0 radical (unpaired) electrons. The highest BCUT2D eigenvalue weighted by Gasteiger charge is 2.21. The summed E-state index contributed by atoms with van der Waals surface area (Å²) in [7, 11) is 0. The highest BCUT2D eigenvalue weighted by atomic mass is 79.9. The second kappa shape index (κ2) is 6.85. The number of halogens is 1. The SMILES string of the molecule is CC1CCCC(Sc2ccc(CNC3CC3)cc2Br)C1.